The second kappa shape index (κ2) is 7.09. The van der Waals surface area contributed by atoms with E-state index >= 15 is 0 Å². The van der Waals surface area contributed by atoms with Gasteiger partial charge in [-0.2, -0.15) is 0 Å². The molecule has 116 valence electrons. The Morgan fingerprint density at radius 3 is 2.48 bits per heavy atom. The molecule has 0 spiro atoms. The minimum absolute atomic E-state index is 0.0409. The van der Waals surface area contributed by atoms with Crippen LogP contribution in [0.1, 0.15) is 44.0 Å². The van der Waals surface area contributed by atoms with Crippen LogP contribution >= 0.6 is 22.6 Å². The lowest BCUT2D eigenvalue weighted by Gasteiger charge is -2.34. The van der Waals surface area contributed by atoms with Crippen molar-refractivity contribution in [1.82, 2.24) is 10.2 Å². The van der Waals surface area contributed by atoms with Crippen LogP contribution in [-0.4, -0.2) is 36.5 Å². The summed E-state index contributed by atoms with van der Waals surface area (Å²) in [4.78, 5) is 15.0. The smallest absolute Gasteiger partial charge is 0.252 e. The Bertz CT molecular complexity index is 490. The third-order valence-electron chi connectivity index (χ3n) is 4.11. The summed E-state index contributed by atoms with van der Waals surface area (Å²) in [5, 5.41) is 3.26. The maximum atomic E-state index is 12.6. The SMILES string of the molecule is CC(C)(C)[C@@H](CN1CCCC1)NC(=O)c1ccccc1I. The zero-order chi connectivity index (χ0) is 15.5. The summed E-state index contributed by atoms with van der Waals surface area (Å²) in [5.41, 5.74) is 0.826. The molecule has 0 saturated carbocycles. The Balaban J connectivity index is 2.07. The number of likely N-dealkylation sites (tertiary alicyclic amines) is 1. The van der Waals surface area contributed by atoms with Crippen LogP contribution in [0.15, 0.2) is 24.3 Å². The van der Waals surface area contributed by atoms with Gasteiger partial charge in [0.25, 0.3) is 5.91 Å². The van der Waals surface area contributed by atoms with Crippen LogP contribution in [-0.2, 0) is 0 Å². The number of halogens is 1. The van der Waals surface area contributed by atoms with E-state index < -0.39 is 0 Å². The molecule has 0 unspecified atom stereocenters. The molecule has 0 aliphatic carbocycles. The molecule has 1 aliphatic heterocycles. The number of nitrogens with one attached hydrogen (secondary N) is 1. The van der Waals surface area contributed by atoms with Gasteiger partial charge in [0.1, 0.15) is 0 Å². The number of amides is 1. The number of hydrogen-bond donors (Lipinski definition) is 1. The molecule has 2 rings (SSSR count). The van der Waals surface area contributed by atoms with Gasteiger partial charge >= 0.3 is 0 Å². The van der Waals surface area contributed by atoms with Crippen molar-refractivity contribution in [3.8, 4) is 0 Å². The number of rotatable bonds is 4. The molecule has 1 aromatic carbocycles. The first-order valence-electron chi connectivity index (χ1n) is 7.65. The number of hydrogen-bond acceptors (Lipinski definition) is 2. The predicted molar refractivity (Wildman–Crippen MR) is 95.5 cm³/mol. The highest BCUT2D eigenvalue weighted by molar-refractivity contribution is 14.1. The lowest BCUT2D eigenvalue weighted by molar-refractivity contribution is 0.0877. The molecule has 1 atom stereocenters. The van der Waals surface area contributed by atoms with Gasteiger partial charge in [0.05, 0.1) is 5.56 Å². The van der Waals surface area contributed by atoms with Gasteiger partial charge < -0.3 is 10.2 Å². The van der Waals surface area contributed by atoms with Crippen LogP contribution in [0.5, 0.6) is 0 Å². The monoisotopic (exact) mass is 400 g/mol. The number of carbonyl (C=O) groups is 1. The molecule has 1 N–H and O–H groups in total. The van der Waals surface area contributed by atoms with Gasteiger partial charge in [0, 0.05) is 16.2 Å². The predicted octanol–water partition coefficient (Wildman–Crippen LogP) is 3.53. The highest BCUT2D eigenvalue weighted by Gasteiger charge is 2.29. The third kappa shape index (κ3) is 4.68. The maximum absolute atomic E-state index is 12.6. The first-order chi connectivity index (χ1) is 9.88. The fraction of sp³-hybridized carbons (Fsp3) is 0.588. The van der Waals surface area contributed by atoms with Crippen LogP contribution in [0, 0.1) is 8.99 Å². The molecule has 0 aromatic heterocycles. The summed E-state index contributed by atoms with van der Waals surface area (Å²) in [6, 6.07) is 7.92. The van der Waals surface area contributed by atoms with E-state index in [1.165, 1.54) is 12.8 Å². The van der Waals surface area contributed by atoms with Crippen molar-refractivity contribution in [3.63, 3.8) is 0 Å². The van der Waals surface area contributed by atoms with Crippen molar-refractivity contribution in [1.29, 1.82) is 0 Å². The highest BCUT2D eigenvalue weighted by atomic mass is 127. The molecule has 1 heterocycles. The van der Waals surface area contributed by atoms with Crippen molar-refractivity contribution in [2.45, 2.75) is 39.7 Å². The molecular formula is C17H25IN2O. The van der Waals surface area contributed by atoms with Crippen LogP contribution in [0.2, 0.25) is 0 Å². The molecule has 3 nitrogen and oxygen atoms in total. The minimum atomic E-state index is 0.0409. The van der Waals surface area contributed by atoms with Crippen LogP contribution < -0.4 is 5.32 Å². The molecular weight excluding hydrogens is 375 g/mol. The second-order valence-corrected chi connectivity index (χ2v) is 8.04. The highest BCUT2D eigenvalue weighted by Crippen LogP contribution is 2.23. The van der Waals surface area contributed by atoms with Gasteiger partial charge in [-0.3, -0.25) is 4.79 Å². The first kappa shape index (κ1) is 16.7. The van der Waals surface area contributed by atoms with E-state index in [0.29, 0.717) is 0 Å². The van der Waals surface area contributed by atoms with Gasteiger partial charge in [-0.1, -0.05) is 32.9 Å². The molecule has 1 aliphatic rings. The summed E-state index contributed by atoms with van der Waals surface area (Å²) < 4.78 is 1.00. The average Bonchev–Trinajstić information content (AvgIpc) is 2.90. The summed E-state index contributed by atoms with van der Waals surface area (Å²) in [5.74, 6) is 0.0409. The van der Waals surface area contributed by atoms with Crippen molar-refractivity contribution < 1.29 is 4.79 Å². The molecule has 21 heavy (non-hydrogen) atoms. The number of carbonyl (C=O) groups excluding carboxylic acids is 1. The van der Waals surface area contributed by atoms with Gasteiger partial charge in [0.2, 0.25) is 0 Å². The van der Waals surface area contributed by atoms with E-state index in [1.807, 2.05) is 24.3 Å². The van der Waals surface area contributed by atoms with Crippen LogP contribution in [0.3, 0.4) is 0 Å². The summed E-state index contributed by atoms with van der Waals surface area (Å²) in [7, 11) is 0. The van der Waals surface area contributed by atoms with E-state index in [0.717, 1.165) is 28.8 Å². The quantitative estimate of drug-likeness (QED) is 0.785. The standard InChI is InChI=1S/C17H25IN2O/c1-17(2,3)15(12-20-10-6-7-11-20)19-16(21)13-8-4-5-9-14(13)18/h4-5,8-9,15H,6-7,10-12H2,1-3H3,(H,19,21)/t15-/m1/s1. The fourth-order valence-corrected chi connectivity index (χ4v) is 3.27. The first-order valence-corrected chi connectivity index (χ1v) is 8.73. The van der Waals surface area contributed by atoms with E-state index in [4.69, 9.17) is 0 Å². The van der Waals surface area contributed by atoms with E-state index in [-0.39, 0.29) is 17.4 Å². The topological polar surface area (TPSA) is 32.3 Å². The lowest BCUT2D eigenvalue weighted by atomic mass is 9.86. The van der Waals surface area contributed by atoms with Gasteiger partial charge in [-0.05, 0) is 66.1 Å². The molecule has 1 fully saturated rings. The molecule has 4 heteroatoms. The van der Waals surface area contributed by atoms with Crippen molar-refractivity contribution >= 4 is 28.5 Å². The zero-order valence-corrected chi connectivity index (χ0v) is 15.3. The minimum Gasteiger partial charge on any atom is -0.347 e. The van der Waals surface area contributed by atoms with E-state index in [9.17, 15) is 4.79 Å². The molecule has 1 saturated heterocycles. The normalized spacial score (nSPS) is 17.7. The maximum Gasteiger partial charge on any atom is 0.252 e. The second-order valence-electron chi connectivity index (χ2n) is 6.88. The third-order valence-corrected chi connectivity index (χ3v) is 5.05. The Labute approximate surface area is 141 Å². The van der Waals surface area contributed by atoms with Crippen molar-refractivity contribution in [3.05, 3.63) is 33.4 Å². The van der Waals surface area contributed by atoms with Crippen LogP contribution in [0.25, 0.3) is 0 Å². The Kier molecular flexibility index (Phi) is 5.66. The Morgan fingerprint density at radius 2 is 1.90 bits per heavy atom. The largest absolute Gasteiger partial charge is 0.347 e. The van der Waals surface area contributed by atoms with Crippen LogP contribution in [0.4, 0.5) is 0 Å². The van der Waals surface area contributed by atoms with Gasteiger partial charge in [0.15, 0.2) is 0 Å². The van der Waals surface area contributed by atoms with E-state index in [1.54, 1.807) is 0 Å². The molecule has 0 radical (unpaired) electrons. The number of benzene rings is 1. The lowest BCUT2D eigenvalue weighted by Crippen LogP contribution is -2.50. The van der Waals surface area contributed by atoms with Gasteiger partial charge in [-0.25, -0.2) is 0 Å². The Morgan fingerprint density at radius 1 is 1.29 bits per heavy atom. The molecule has 1 aromatic rings. The Hall–Kier alpha value is -0.620. The van der Waals surface area contributed by atoms with Gasteiger partial charge in [-0.15, -0.1) is 0 Å². The number of nitrogens with zero attached hydrogens (tertiary/aromatic N) is 1. The van der Waals surface area contributed by atoms with E-state index in [2.05, 4.69) is 53.6 Å². The summed E-state index contributed by atoms with van der Waals surface area (Å²) in [6.45, 7) is 9.85. The molecule has 0 bridgehead atoms. The average molecular weight is 400 g/mol. The van der Waals surface area contributed by atoms with Crippen molar-refractivity contribution in [2.24, 2.45) is 5.41 Å². The zero-order valence-electron chi connectivity index (χ0n) is 13.2. The molecule has 1 amide bonds. The fourth-order valence-electron chi connectivity index (χ4n) is 2.64. The summed E-state index contributed by atoms with van der Waals surface area (Å²) >= 11 is 2.22. The van der Waals surface area contributed by atoms with Crippen molar-refractivity contribution in [2.75, 3.05) is 19.6 Å². The summed E-state index contributed by atoms with van der Waals surface area (Å²) in [6.07, 6.45) is 2.56.